The first-order chi connectivity index (χ1) is 7.69. The van der Waals surface area contributed by atoms with E-state index in [2.05, 4.69) is 11.9 Å². The van der Waals surface area contributed by atoms with Gasteiger partial charge in [0.05, 0.1) is 12.7 Å². The number of amides is 1. The molecule has 0 aliphatic carbocycles. The summed E-state index contributed by atoms with van der Waals surface area (Å²) in [7, 11) is 1.55. The summed E-state index contributed by atoms with van der Waals surface area (Å²) >= 11 is 0. The Labute approximate surface area is 96.1 Å². The van der Waals surface area contributed by atoms with E-state index in [1.165, 1.54) is 0 Å². The molecule has 86 valence electrons. The van der Waals surface area contributed by atoms with E-state index in [4.69, 9.17) is 4.74 Å². The third-order valence-corrected chi connectivity index (χ3v) is 2.25. The van der Waals surface area contributed by atoms with Crippen LogP contribution in [0.4, 0.5) is 0 Å². The van der Waals surface area contributed by atoms with Crippen LogP contribution in [0, 0.1) is 0 Å². The predicted molar refractivity (Wildman–Crippen MR) is 64.7 cm³/mol. The lowest BCUT2D eigenvalue weighted by Gasteiger charge is -2.13. The monoisotopic (exact) mass is 219 g/mol. The number of carbonyl (C=O) groups excluding carboxylic acids is 1. The van der Waals surface area contributed by atoms with E-state index in [0.717, 1.165) is 6.42 Å². The summed E-state index contributed by atoms with van der Waals surface area (Å²) in [6, 6.07) is 7.25. The molecule has 0 radical (unpaired) electrons. The minimum absolute atomic E-state index is 0.0786. The van der Waals surface area contributed by atoms with Crippen molar-refractivity contribution in [1.29, 1.82) is 0 Å². The van der Waals surface area contributed by atoms with Crippen molar-refractivity contribution in [2.75, 3.05) is 7.11 Å². The van der Waals surface area contributed by atoms with Crippen LogP contribution in [-0.2, 0) is 0 Å². The highest BCUT2D eigenvalue weighted by Gasteiger charge is 2.12. The second-order valence-corrected chi connectivity index (χ2v) is 3.60. The summed E-state index contributed by atoms with van der Waals surface area (Å²) < 4.78 is 5.13. The largest absolute Gasteiger partial charge is 0.496 e. The number of benzene rings is 1. The van der Waals surface area contributed by atoms with Crippen molar-refractivity contribution in [3.8, 4) is 5.75 Å². The molecule has 1 aromatic rings. The average molecular weight is 219 g/mol. The number of para-hydroxylation sites is 1. The van der Waals surface area contributed by atoms with E-state index >= 15 is 0 Å². The molecule has 3 heteroatoms. The average Bonchev–Trinajstić information content (AvgIpc) is 2.29. The molecule has 1 N–H and O–H groups in total. The molecule has 1 amide bonds. The van der Waals surface area contributed by atoms with Gasteiger partial charge in [-0.15, -0.1) is 6.58 Å². The van der Waals surface area contributed by atoms with Gasteiger partial charge in [0, 0.05) is 6.04 Å². The molecule has 0 aromatic heterocycles. The van der Waals surface area contributed by atoms with Gasteiger partial charge in [-0.25, -0.2) is 0 Å². The van der Waals surface area contributed by atoms with Crippen LogP contribution in [0.2, 0.25) is 0 Å². The van der Waals surface area contributed by atoms with Gasteiger partial charge in [0.15, 0.2) is 0 Å². The van der Waals surface area contributed by atoms with Crippen LogP contribution in [0.25, 0.3) is 0 Å². The third-order valence-electron chi connectivity index (χ3n) is 2.25. The maximum absolute atomic E-state index is 11.9. The van der Waals surface area contributed by atoms with E-state index in [1.807, 2.05) is 19.1 Å². The Morgan fingerprint density at radius 2 is 2.25 bits per heavy atom. The molecule has 1 atom stereocenters. The molecule has 0 fully saturated rings. The quantitative estimate of drug-likeness (QED) is 0.772. The molecular weight excluding hydrogens is 202 g/mol. The number of ether oxygens (including phenoxy) is 1. The number of hydrogen-bond donors (Lipinski definition) is 1. The second kappa shape index (κ2) is 5.95. The van der Waals surface area contributed by atoms with Gasteiger partial charge in [-0.1, -0.05) is 18.2 Å². The van der Waals surface area contributed by atoms with Gasteiger partial charge in [-0.3, -0.25) is 4.79 Å². The molecule has 0 spiro atoms. The van der Waals surface area contributed by atoms with E-state index < -0.39 is 0 Å². The zero-order chi connectivity index (χ0) is 12.0. The molecule has 0 saturated carbocycles. The number of hydrogen-bond acceptors (Lipinski definition) is 2. The fourth-order valence-corrected chi connectivity index (χ4v) is 1.44. The Kier molecular flexibility index (Phi) is 4.58. The van der Waals surface area contributed by atoms with Crippen LogP contribution in [-0.4, -0.2) is 19.1 Å². The van der Waals surface area contributed by atoms with E-state index in [9.17, 15) is 4.79 Å². The fourth-order valence-electron chi connectivity index (χ4n) is 1.44. The molecule has 1 unspecified atom stereocenters. The van der Waals surface area contributed by atoms with Crippen LogP contribution in [0.5, 0.6) is 5.75 Å². The van der Waals surface area contributed by atoms with Gasteiger partial charge < -0.3 is 10.1 Å². The summed E-state index contributed by atoms with van der Waals surface area (Å²) in [6.07, 6.45) is 2.54. The van der Waals surface area contributed by atoms with E-state index in [0.29, 0.717) is 11.3 Å². The highest BCUT2D eigenvalue weighted by atomic mass is 16.5. The number of methoxy groups -OCH3 is 1. The van der Waals surface area contributed by atoms with Crippen LogP contribution in [0.3, 0.4) is 0 Å². The molecule has 16 heavy (non-hydrogen) atoms. The first kappa shape index (κ1) is 12.3. The summed E-state index contributed by atoms with van der Waals surface area (Å²) in [5, 5.41) is 2.88. The molecule has 0 heterocycles. The zero-order valence-corrected chi connectivity index (χ0v) is 9.69. The van der Waals surface area contributed by atoms with Crippen LogP contribution < -0.4 is 10.1 Å². The number of rotatable bonds is 5. The SMILES string of the molecule is C=CCC(C)NC(=O)c1ccccc1OC. The summed E-state index contributed by atoms with van der Waals surface area (Å²) in [5.41, 5.74) is 0.556. The number of carbonyl (C=O) groups is 1. The smallest absolute Gasteiger partial charge is 0.255 e. The molecule has 0 aliphatic rings. The molecule has 1 aromatic carbocycles. The van der Waals surface area contributed by atoms with Crippen molar-refractivity contribution in [1.82, 2.24) is 5.32 Å². The van der Waals surface area contributed by atoms with Crippen LogP contribution in [0.15, 0.2) is 36.9 Å². The van der Waals surface area contributed by atoms with Gasteiger partial charge in [0.1, 0.15) is 5.75 Å². The first-order valence-corrected chi connectivity index (χ1v) is 5.23. The standard InChI is InChI=1S/C13H17NO2/c1-4-7-10(2)14-13(15)11-8-5-6-9-12(11)16-3/h4-6,8-10H,1,7H2,2-3H3,(H,14,15). The Morgan fingerprint density at radius 1 is 1.56 bits per heavy atom. The Morgan fingerprint density at radius 3 is 2.88 bits per heavy atom. The van der Waals surface area contributed by atoms with E-state index in [1.54, 1.807) is 25.3 Å². The Balaban J connectivity index is 2.76. The minimum atomic E-state index is -0.119. The molecular formula is C13H17NO2. The molecule has 0 bridgehead atoms. The summed E-state index contributed by atoms with van der Waals surface area (Å²) in [6.45, 7) is 5.58. The van der Waals surface area contributed by atoms with Crippen molar-refractivity contribution in [2.45, 2.75) is 19.4 Å². The van der Waals surface area contributed by atoms with Gasteiger partial charge in [0.25, 0.3) is 5.91 Å². The van der Waals surface area contributed by atoms with Crippen molar-refractivity contribution >= 4 is 5.91 Å². The lowest BCUT2D eigenvalue weighted by atomic mass is 10.1. The Hall–Kier alpha value is -1.77. The fraction of sp³-hybridized carbons (Fsp3) is 0.308. The van der Waals surface area contributed by atoms with Gasteiger partial charge in [-0.05, 0) is 25.5 Å². The van der Waals surface area contributed by atoms with Gasteiger partial charge in [0.2, 0.25) is 0 Å². The van der Waals surface area contributed by atoms with Crippen LogP contribution >= 0.6 is 0 Å². The predicted octanol–water partition coefficient (Wildman–Crippen LogP) is 2.39. The third kappa shape index (κ3) is 3.12. The first-order valence-electron chi connectivity index (χ1n) is 5.23. The lowest BCUT2D eigenvalue weighted by Crippen LogP contribution is -2.32. The summed E-state index contributed by atoms with van der Waals surface area (Å²) in [5.74, 6) is 0.470. The van der Waals surface area contributed by atoms with Crippen molar-refractivity contribution in [2.24, 2.45) is 0 Å². The van der Waals surface area contributed by atoms with Crippen molar-refractivity contribution in [3.05, 3.63) is 42.5 Å². The minimum Gasteiger partial charge on any atom is -0.496 e. The van der Waals surface area contributed by atoms with Gasteiger partial charge in [-0.2, -0.15) is 0 Å². The van der Waals surface area contributed by atoms with Crippen LogP contribution in [0.1, 0.15) is 23.7 Å². The molecule has 3 nitrogen and oxygen atoms in total. The molecule has 0 aliphatic heterocycles. The topological polar surface area (TPSA) is 38.3 Å². The highest BCUT2D eigenvalue weighted by Crippen LogP contribution is 2.17. The van der Waals surface area contributed by atoms with Crippen molar-refractivity contribution in [3.63, 3.8) is 0 Å². The molecule has 0 saturated heterocycles. The maximum Gasteiger partial charge on any atom is 0.255 e. The van der Waals surface area contributed by atoms with Gasteiger partial charge >= 0.3 is 0 Å². The van der Waals surface area contributed by atoms with E-state index in [-0.39, 0.29) is 11.9 Å². The summed E-state index contributed by atoms with van der Waals surface area (Å²) in [4.78, 5) is 11.9. The highest BCUT2D eigenvalue weighted by molar-refractivity contribution is 5.97. The second-order valence-electron chi connectivity index (χ2n) is 3.60. The lowest BCUT2D eigenvalue weighted by molar-refractivity contribution is 0.0937. The molecule has 1 rings (SSSR count). The van der Waals surface area contributed by atoms with Crippen molar-refractivity contribution < 1.29 is 9.53 Å². The Bertz CT molecular complexity index is 374. The maximum atomic E-state index is 11.9. The zero-order valence-electron chi connectivity index (χ0n) is 9.69. The normalized spacial score (nSPS) is 11.6. The number of nitrogens with one attached hydrogen (secondary N) is 1.